The van der Waals surface area contributed by atoms with Gasteiger partial charge in [-0.05, 0) is 70.9 Å². The van der Waals surface area contributed by atoms with Crippen molar-refractivity contribution in [3.63, 3.8) is 0 Å². The van der Waals surface area contributed by atoms with Crippen molar-refractivity contribution in [1.29, 1.82) is 0 Å². The molecule has 1 saturated heterocycles. The highest BCUT2D eigenvalue weighted by Gasteiger charge is 2.27. The van der Waals surface area contributed by atoms with Crippen molar-refractivity contribution in [1.82, 2.24) is 9.80 Å². The van der Waals surface area contributed by atoms with Gasteiger partial charge in [-0.15, -0.1) is 0 Å². The lowest BCUT2D eigenvalue weighted by Gasteiger charge is -2.33. The molecule has 2 rings (SSSR count). The number of allylic oxidation sites excluding steroid dienone is 3. The Labute approximate surface area is 231 Å². The molecule has 212 valence electrons. The number of unbranched alkanes of at least 4 members (excludes halogenated alkanes) is 1. The number of rotatable bonds is 16. The van der Waals surface area contributed by atoms with E-state index in [0.717, 1.165) is 71.6 Å². The van der Waals surface area contributed by atoms with Gasteiger partial charge >= 0.3 is 6.09 Å². The van der Waals surface area contributed by atoms with Gasteiger partial charge in [0.2, 0.25) is 0 Å². The number of benzene rings is 1. The fourth-order valence-corrected chi connectivity index (χ4v) is 4.30. The summed E-state index contributed by atoms with van der Waals surface area (Å²) >= 11 is 0. The molecule has 0 radical (unpaired) electrons. The Kier molecular flexibility index (Phi) is 15.0. The maximum absolute atomic E-state index is 12.2. The van der Waals surface area contributed by atoms with Gasteiger partial charge in [0.05, 0.1) is 6.10 Å². The number of ether oxygens (including phenoxy) is 3. The quantitative estimate of drug-likeness (QED) is 0.176. The number of amides is 1. The molecule has 1 aromatic rings. The zero-order valence-corrected chi connectivity index (χ0v) is 24.2. The minimum Gasteiger partial charge on any atom is -0.444 e. The van der Waals surface area contributed by atoms with Gasteiger partial charge < -0.3 is 19.1 Å². The fourth-order valence-electron chi connectivity index (χ4n) is 4.30. The Hall–Kier alpha value is -2.41. The van der Waals surface area contributed by atoms with Crippen LogP contribution in [-0.2, 0) is 20.8 Å². The third-order valence-electron chi connectivity index (χ3n) is 6.31. The van der Waals surface area contributed by atoms with E-state index in [1.54, 1.807) is 4.90 Å². The standard InChI is InChI=1S/C32H50N2O4/c1-6-8-15-28(7-2)26-33(27-29-16-10-9-11-17-29)20-14-24-36-23-12-13-25-37-30-18-21-34(22-19-30)31(35)38-32(3,4)5/h6-11,15-17,30H,2,12-14,18-27H2,1,3-5H3/b8-6-,28-15+. The number of likely N-dealkylation sites (tertiary alicyclic amines) is 1. The van der Waals surface area contributed by atoms with Crippen LogP contribution < -0.4 is 0 Å². The second-order valence-corrected chi connectivity index (χ2v) is 10.9. The number of carbonyl (C=O) groups is 1. The Morgan fingerprint density at radius 3 is 2.42 bits per heavy atom. The number of carbonyl (C=O) groups excluding carboxylic acids is 1. The number of nitrogens with zero attached hydrogens (tertiary/aromatic N) is 2. The van der Waals surface area contributed by atoms with Gasteiger partial charge in [-0.2, -0.15) is 0 Å². The average molecular weight is 527 g/mol. The van der Waals surface area contributed by atoms with Crippen LogP contribution in [-0.4, -0.2) is 73.6 Å². The maximum atomic E-state index is 12.2. The molecule has 0 bridgehead atoms. The van der Waals surface area contributed by atoms with E-state index >= 15 is 0 Å². The zero-order chi connectivity index (χ0) is 27.6. The lowest BCUT2D eigenvalue weighted by Crippen LogP contribution is -2.43. The monoisotopic (exact) mass is 526 g/mol. The predicted molar refractivity (Wildman–Crippen MR) is 156 cm³/mol. The second-order valence-electron chi connectivity index (χ2n) is 10.9. The van der Waals surface area contributed by atoms with Crippen LogP contribution >= 0.6 is 0 Å². The van der Waals surface area contributed by atoms with Crippen molar-refractivity contribution in [2.45, 2.75) is 78.0 Å². The van der Waals surface area contributed by atoms with Crippen LogP contribution in [0.5, 0.6) is 0 Å². The summed E-state index contributed by atoms with van der Waals surface area (Å²) in [5.41, 5.74) is 2.08. The molecular formula is C32H50N2O4. The van der Waals surface area contributed by atoms with Crippen molar-refractivity contribution in [3.05, 3.63) is 72.4 Å². The van der Waals surface area contributed by atoms with E-state index < -0.39 is 5.60 Å². The first-order valence-corrected chi connectivity index (χ1v) is 14.2. The largest absolute Gasteiger partial charge is 0.444 e. The summed E-state index contributed by atoms with van der Waals surface area (Å²) in [5.74, 6) is 0. The SMILES string of the molecule is C=C/C(=C\C=C/C)CN(CCCOCCCCOC1CCN(C(=O)OC(C)(C)C)CC1)Cc1ccccc1. The van der Waals surface area contributed by atoms with Crippen molar-refractivity contribution in [3.8, 4) is 0 Å². The molecule has 1 amide bonds. The topological polar surface area (TPSA) is 51.2 Å². The van der Waals surface area contributed by atoms with E-state index in [1.165, 1.54) is 11.1 Å². The maximum Gasteiger partial charge on any atom is 0.410 e. The highest BCUT2D eigenvalue weighted by atomic mass is 16.6. The summed E-state index contributed by atoms with van der Waals surface area (Å²) in [4.78, 5) is 16.4. The van der Waals surface area contributed by atoms with Crippen LogP contribution in [0.1, 0.15) is 65.4 Å². The van der Waals surface area contributed by atoms with E-state index in [-0.39, 0.29) is 12.2 Å². The molecule has 6 nitrogen and oxygen atoms in total. The third kappa shape index (κ3) is 13.9. The van der Waals surface area contributed by atoms with Crippen molar-refractivity contribution in [2.75, 3.05) is 46.0 Å². The molecule has 0 unspecified atom stereocenters. The highest BCUT2D eigenvalue weighted by molar-refractivity contribution is 5.68. The first-order valence-electron chi connectivity index (χ1n) is 14.2. The molecule has 1 fully saturated rings. The molecule has 1 aromatic carbocycles. The lowest BCUT2D eigenvalue weighted by molar-refractivity contribution is -0.0132. The molecule has 1 aliphatic rings. The number of piperidine rings is 1. The summed E-state index contributed by atoms with van der Waals surface area (Å²) in [7, 11) is 0. The Bertz CT molecular complexity index is 852. The van der Waals surface area contributed by atoms with E-state index in [4.69, 9.17) is 14.2 Å². The van der Waals surface area contributed by atoms with Crippen LogP contribution in [0, 0.1) is 0 Å². The van der Waals surface area contributed by atoms with Crippen LogP contribution in [0.4, 0.5) is 4.79 Å². The van der Waals surface area contributed by atoms with Gasteiger partial charge in [0.15, 0.2) is 0 Å². The summed E-state index contributed by atoms with van der Waals surface area (Å²) in [6, 6.07) is 10.6. The van der Waals surface area contributed by atoms with Gasteiger partial charge in [0, 0.05) is 52.5 Å². The minimum absolute atomic E-state index is 0.220. The van der Waals surface area contributed by atoms with Crippen molar-refractivity contribution < 1.29 is 19.0 Å². The van der Waals surface area contributed by atoms with E-state index in [0.29, 0.717) is 13.1 Å². The van der Waals surface area contributed by atoms with E-state index in [2.05, 4.69) is 54.0 Å². The molecule has 0 N–H and O–H groups in total. The third-order valence-corrected chi connectivity index (χ3v) is 6.31. The van der Waals surface area contributed by atoms with Gasteiger partial charge in [-0.3, -0.25) is 4.90 Å². The predicted octanol–water partition coefficient (Wildman–Crippen LogP) is 6.78. The van der Waals surface area contributed by atoms with Crippen LogP contribution in [0.2, 0.25) is 0 Å². The first kappa shape index (κ1) is 31.8. The Morgan fingerprint density at radius 2 is 1.76 bits per heavy atom. The zero-order valence-electron chi connectivity index (χ0n) is 24.2. The fraction of sp³-hybridized carbons (Fsp3) is 0.594. The smallest absolute Gasteiger partial charge is 0.410 e. The molecule has 6 heteroatoms. The normalized spacial score (nSPS) is 15.4. The first-order chi connectivity index (χ1) is 18.3. The number of hydrogen-bond acceptors (Lipinski definition) is 5. The average Bonchev–Trinajstić information content (AvgIpc) is 2.89. The minimum atomic E-state index is -0.452. The van der Waals surface area contributed by atoms with Crippen LogP contribution in [0.3, 0.4) is 0 Å². The van der Waals surface area contributed by atoms with Gasteiger partial charge in [0.25, 0.3) is 0 Å². The van der Waals surface area contributed by atoms with Gasteiger partial charge in [-0.1, -0.05) is 61.2 Å². The van der Waals surface area contributed by atoms with Crippen molar-refractivity contribution >= 4 is 6.09 Å². The van der Waals surface area contributed by atoms with Crippen molar-refractivity contribution in [2.24, 2.45) is 0 Å². The summed E-state index contributed by atoms with van der Waals surface area (Å²) in [6.45, 7) is 18.1. The molecule has 0 spiro atoms. The molecule has 38 heavy (non-hydrogen) atoms. The molecular weight excluding hydrogens is 476 g/mol. The van der Waals surface area contributed by atoms with Crippen LogP contribution in [0.25, 0.3) is 0 Å². The highest BCUT2D eigenvalue weighted by Crippen LogP contribution is 2.17. The Balaban J connectivity index is 1.57. The summed E-state index contributed by atoms with van der Waals surface area (Å²) in [6.07, 6.45) is 12.9. The van der Waals surface area contributed by atoms with Gasteiger partial charge in [0.1, 0.15) is 5.60 Å². The van der Waals surface area contributed by atoms with Gasteiger partial charge in [-0.25, -0.2) is 4.79 Å². The molecule has 1 aliphatic heterocycles. The molecule has 0 aliphatic carbocycles. The molecule has 0 atom stereocenters. The van der Waals surface area contributed by atoms with E-state index in [9.17, 15) is 4.79 Å². The molecule has 0 saturated carbocycles. The summed E-state index contributed by atoms with van der Waals surface area (Å²) in [5, 5.41) is 0. The number of hydrogen-bond donors (Lipinski definition) is 0. The molecule has 1 heterocycles. The second kappa shape index (κ2) is 18.0. The molecule has 0 aromatic heterocycles. The Morgan fingerprint density at radius 1 is 1.08 bits per heavy atom. The van der Waals surface area contributed by atoms with Crippen LogP contribution in [0.15, 0.2) is 66.8 Å². The lowest BCUT2D eigenvalue weighted by atomic mass is 10.1. The summed E-state index contributed by atoms with van der Waals surface area (Å²) < 4.78 is 17.4. The van der Waals surface area contributed by atoms with E-state index in [1.807, 2.05) is 39.8 Å².